The fraction of sp³-hybridized carbons (Fsp3) is 0.800. The molecule has 1 aromatic rings. The summed E-state index contributed by atoms with van der Waals surface area (Å²) in [7, 11) is 0. The molecule has 2 aliphatic rings. The van der Waals surface area contributed by atoms with E-state index < -0.39 is 0 Å². The molecule has 2 aliphatic heterocycles. The molecule has 0 aliphatic carbocycles. The number of nitrogens with zero attached hydrogens (tertiary/aromatic N) is 3. The highest BCUT2D eigenvalue weighted by molar-refractivity contribution is 7.99. The van der Waals surface area contributed by atoms with Crippen LogP contribution in [0.25, 0.3) is 0 Å². The molecule has 88 valence electrons. The number of fused-ring (bicyclic) bond motifs is 1. The van der Waals surface area contributed by atoms with E-state index in [0.29, 0.717) is 0 Å². The molecule has 2 atom stereocenters. The van der Waals surface area contributed by atoms with Crippen LogP contribution >= 0.6 is 11.8 Å². The van der Waals surface area contributed by atoms with Crippen molar-refractivity contribution >= 4 is 11.8 Å². The van der Waals surface area contributed by atoms with Crippen molar-refractivity contribution in [3.63, 3.8) is 0 Å². The molecule has 1 saturated heterocycles. The first-order valence-electron chi connectivity index (χ1n) is 5.69. The zero-order chi connectivity index (χ0) is 10.8. The van der Waals surface area contributed by atoms with E-state index in [1.54, 1.807) is 18.1 Å². The minimum Gasteiger partial charge on any atom is -0.353 e. The standard InChI is InChI=1S/C10H15N3O2S/c1-2-4-14-9(3-1)15-8-5-13-10(16-6-8)11-7-12-13/h7-9H,1-6H2. The van der Waals surface area contributed by atoms with Crippen molar-refractivity contribution in [3.05, 3.63) is 6.33 Å². The average molecular weight is 241 g/mol. The molecule has 0 amide bonds. The van der Waals surface area contributed by atoms with Crippen molar-refractivity contribution in [3.8, 4) is 0 Å². The van der Waals surface area contributed by atoms with Crippen molar-refractivity contribution in [1.29, 1.82) is 0 Å². The van der Waals surface area contributed by atoms with Gasteiger partial charge in [0.05, 0.1) is 12.6 Å². The van der Waals surface area contributed by atoms with Gasteiger partial charge in [-0.05, 0) is 19.3 Å². The van der Waals surface area contributed by atoms with Crippen molar-refractivity contribution < 1.29 is 9.47 Å². The average Bonchev–Trinajstić information content (AvgIpc) is 2.77. The quantitative estimate of drug-likeness (QED) is 0.781. The van der Waals surface area contributed by atoms with Gasteiger partial charge in [0, 0.05) is 12.4 Å². The maximum absolute atomic E-state index is 5.93. The lowest BCUT2D eigenvalue weighted by Gasteiger charge is -2.29. The monoisotopic (exact) mass is 241 g/mol. The molecule has 1 fully saturated rings. The molecular formula is C10H15N3O2S. The Kier molecular flexibility index (Phi) is 3.12. The topological polar surface area (TPSA) is 49.2 Å². The van der Waals surface area contributed by atoms with Gasteiger partial charge in [-0.1, -0.05) is 11.8 Å². The fourth-order valence-corrected chi connectivity index (χ4v) is 2.93. The summed E-state index contributed by atoms with van der Waals surface area (Å²) in [5.74, 6) is 0.943. The Hall–Kier alpha value is -0.590. The second-order valence-electron chi connectivity index (χ2n) is 4.09. The van der Waals surface area contributed by atoms with Gasteiger partial charge in [0.15, 0.2) is 11.4 Å². The van der Waals surface area contributed by atoms with Gasteiger partial charge in [0.1, 0.15) is 6.33 Å². The number of thioether (sulfide) groups is 1. The first-order valence-corrected chi connectivity index (χ1v) is 6.68. The molecule has 5 nitrogen and oxygen atoms in total. The van der Waals surface area contributed by atoms with Crippen LogP contribution in [0, 0.1) is 0 Å². The number of aromatic nitrogens is 3. The van der Waals surface area contributed by atoms with Crippen molar-refractivity contribution in [2.75, 3.05) is 12.4 Å². The molecule has 1 aromatic heterocycles. The lowest BCUT2D eigenvalue weighted by molar-refractivity contribution is -0.186. The zero-order valence-electron chi connectivity index (χ0n) is 9.04. The van der Waals surface area contributed by atoms with E-state index in [9.17, 15) is 0 Å². The van der Waals surface area contributed by atoms with Gasteiger partial charge in [-0.2, -0.15) is 5.10 Å². The number of ether oxygens (including phenoxy) is 2. The Labute approximate surface area is 98.5 Å². The van der Waals surface area contributed by atoms with Crippen LogP contribution in [0.3, 0.4) is 0 Å². The molecule has 2 unspecified atom stereocenters. The van der Waals surface area contributed by atoms with Crippen molar-refractivity contribution in [2.24, 2.45) is 0 Å². The Morgan fingerprint density at radius 3 is 3.38 bits per heavy atom. The zero-order valence-corrected chi connectivity index (χ0v) is 9.86. The van der Waals surface area contributed by atoms with E-state index in [2.05, 4.69) is 10.1 Å². The van der Waals surface area contributed by atoms with Gasteiger partial charge in [0.25, 0.3) is 0 Å². The third kappa shape index (κ3) is 2.23. The van der Waals surface area contributed by atoms with E-state index >= 15 is 0 Å². The third-order valence-electron chi connectivity index (χ3n) is 2.84. The van der Waals surface area contributed by atoms with E-state index in [4.69, 9.17) is 9.47 Å². The molecule has 3 rings (SSSR count). The summed E-state index contributed by atoms with van der Waals surface area (Å²) in [5.41, 5.74) is 0. The lowest BCUT2D eigenvalue weighted by Crippen LogP contribution is -2.34. The van der Waals surface area contributed by atoms with Crippen LogP contribution in [-0.4, -0.2) is 39.5 Å². The second kappa shape index (κ2) is 4.73. The van der Waals surface area contributed by atoms with Gasteiger partial charge in [-0.3, -0.25) is 0 Å². The summed E-state index contributed by atoms with van der Waals surface area (Å²) >= 11 is 1.70. The highest BCUT2D eigenvalue weighted by Crippen LogP contribution is 2.25. The molecule has 0 saturated carbocycles. The molecular weight excluding hydrogens is 226 g/mol. The number of hydrogen-bond donors (Lipinski definition) is 0. The lowest BCUT2D eigenvalue weighted by atomic mass is 10.2. The minimum atomic E-state index is -0.00979. The van der Waals surface area contributed by atoms with Gasteiger partial charge in [-0.15, -0.1) is 0 Å². The summed E-state index contributed by atoms with van der Waals surface area (Å²) in [6.45, 7) is 1.63. The van der Waals surface area contributed by atoms with E-state index in [1.807, 2.05) is 4.68 Å². The fourth-order valence-electron chi connectivity index (χ4n) is 2.02. The predicted molar refractivity (Wildman–Crippen MR) is 59.2 cm³/mol. The van der Waals surface area contributed by atoms with Crippen LogP contribution in [0.1, 0.15) is 19.3 Å². The van der Waals surface area contributed by atoms with Crippen molar-refractivity contribution in [2.45, 2.75) is 43.4 Å². The minimum absolute atomic E-state index is 0.00979. The van der Waals surface area contributed by atoms with Gasteiger partial charge in [0.2, 0.25) is 0 Å². The largest absolute Gasteiger partial charge is 0.353 e. The van der Waals surface area contributed by atoms with Crippen LogP contribution in [0.15, 0.2) is 11.5 Å². The smallest absolute Gasteiger partial charge is 0.186 e. The van der Waals surface area contributed by atoms with Crippen LogP contribution in [-0.2, 0) is 16.0 Å². The Balaban J connectivity index is 1.57. The summed E-state index contributed by atoms with van der Waals surface area (Å²) in [5, 5.41) is 5.15. The highest BCUT2D eigenvalue weighted by atomic mass is 32.2. The van der Waals surface area contributed by atoms with Gasteiger partial charge in [-0.25, -0.2) is 9.67 Å². The summed E-state index contributed by atoms with van der Waals surface area (Å²) in [4.78, 5) is 4.17. The summed E-state index contributed by atoms with van der Waals surface area (Å²) in [6, 6.07) is 0. The molecule has 0 spiro atoms. The Bertz CT molecular complexity index is 352. The number of rotatable bonds is 2. The Morgan fingerprint density at radius 2 is 2.50 bits per heavy atom. The van der Waals surface area contributed by atoms with Crippen LogP contribution in [0.5, 0.6) is 0 Å². The molecule has 6 heteroatoms. The number of hydrogen-bond acceptors (Lipinski definition) is 5. The summed E-state index contributed by atoms with van der Waals surface area (Å²) in [6.07, 6.45) is 5.17. The second-order valence-corrected chi connectivity index (χ2v) is 5.08. The van der Waals surface area contributed by atoms with E-state index in [0.717, 1.165) is 36.9 Å². The Morgan fingerprint density at radius 1 is 1.50 bits per heavy atom. The highest BCUT2D eigenvalue weighted by Gasteiger charge is 2.25. The first kappa shape index (κ1) is 10.6. The van der Waals surface area contributed by atoms with E-state index in [-0.39, 0.29) is 12.4 Å². The normalized spacial score (nSPS) is 30.0. The van der Waals surface area contributed by atoms with Gasteiger partial charge >= 0.3 is 0 Å². The van der Waals surface area contributed by atoms with Crippen LogP contribution in [0.2, 0.25) is 0 Å². The molecule has 0 radical (unpaired) electrons. The third-order valence-corrected chi connectivity index (χ3v) is 3.95. The maximum atomic E-state index is 5.93. The predicted octanol–water partition coefficient (Wildman–Crippen LogP) is 1.30. The molecule has 0 N–H and O–H groups in total. The molecule has 0 aromatic carbocycles. The molecule has 3 heterocycles. The van der Waals surface area contributed by atoms with Crippen LogP contribution in [0.4, 0.5) is 0 Å². The summed E-state index contributed by atoms with van der Waals surface area (Å²) < 4.78 is 13.4. The van der Waals surface area contributed by atoms with E-state index in [1.165, 1.54) is 6.42 Å². The van der Waals surface area contributed by atoms with Crippen molar-refractivity contribution in [1.82, 2.24) is 14.8 Å². The SMILES string of the molecule is c1nc2n(n1)CC(OC1CCCCO1)CS2. The molecule has 0 bridgehead atoms. The first-order chi connectivity index (χ1) is 7.92. The molecule has 16 heavy (non-hydrogen) atoms. The van der Waals surface area contributed by atoms with Crippen LogP contribution < -0.4 is 0 Å². The van der Waals surface area contributed by atoms with Gasteiger partial charge < -0.3 is 9.47 Å². The maximum Gasteiger partial charge on any atom is 0.186 e.